The summed E-state index contributed by atoms with van der Waals surface area (Å²) in [4.78, 5) is 31.4. The quantitative estimate of drug-likeness (QED) is 0.592. The van der Waals surface area contributed by atoms with Crippen LogP contribution in [-0.4, -0.2) is 34.1 Å². The molecule has 2 aromatic rings. The summed E-state index contributed by atoms with van der Waals surface area (Å²) in [5, 5.41) is 6.64. The van der Waals surface area contributed by atoms with Crippen LogP contribution in [0, 0.1) is 0 Å². The van der Waals surface area contributed by atoms with Crippen molar-refractivity contribution >= 4 is 23.2 Å². The molecule has 8 heteroatoms. The zero-order valence-electron chi connectivity index (χ0n) is 14.0. The molecule has 2 rings (SSSR count). The van der Waals surface area contributed by atoms with E-state index in [-0.39, 0.29) is 18.0 Å². The third kappa shape index (κ3) is 6.02. The molecule has 0 aliphatic carbocycles. The summed E-state index contributed by atoms with van der Waals surface area (Å²) in [5.74, 6) is 0.0171. The number of ether oxygens (including phenoxy) is 1. The lowest BCUT2D eigenvalue weighted by Crippen LogP contribution is -2.22. The molecular weight excluding hydrogens is 322 g/mol. The van der Waals surface area contributed by atoms with Crippen molar-refractivity contribution in [2.75, 3.05) is 11.9 Å². The number of aromatic nitrogens is 2. The highest BCUT2D eigenvalue weighted by Gasteiger charge is 2.08. The number of benzene rings is 1. The highest BCUT2D eigenvalue weighted by molar-refractivity contribution is 6.06. The number of rotatable bonds is 7. The number of nitrogens with zero attached hydrogens (tertiary/aromatic N) is 3. The Labute approximate surface area is 145 Å². The minimum Gasteiger partial charge on any atom is -0.494 e. The highest BCUT2D eigenvalue weighted by Crippen LogP contribution is 2.15. The van der Waals surface area contributed by atoms with Crippen molar-refractivity contribution < 1.29 is 14.3 Å². The molecule has 1 aromatic heterocycles. The van der Waals surface area contributed by atoms with E-state index in [9.17, 15) is 9.59 Å². The topological polar surface area (TPSA) is 106 Å². The number of carbonyl (C=O) groups excluding carboxylic acids is 2. The number of carbonyl (C=O) groups is 2. The van der Waals surface area contributed by atoms with Crippen LogP contribution in [-0.2, 0) is 4.79 Å². The molecule has 0 aliphatic rings. The van der Waals surface area contributed by atoms with Gasteiger partial charge in [-0.15, -0.1) is 0 Å². The first-order chi connectivity index (χ1) is 12.1. The van der Waals surface area contributed by atoms with E-state index in [1.165, 1.54) is 18.6 Å². The molecule has 130 valence electrons. The van der Waals surface area contributed by atoms with Crippen LogP contribution in [0.2, 0.25) is 0 Å². The van der Waals surface area contributed by atoms with Gasteiger partial charge in [0.25, 0.3) is 5.91 Å². The maximum Gasteiger partial charge on any atom is 0.291 e. The van der Waals surface area contributed by atoms with Gasteiger partial charge in [0.2, 0.25) is 5.91 Å². The molecule has 25 heavy (non-hydrogen) atoms. The second kappa shape index (κ2) is 9.11. The Balaban J connectivity index is 1.83. The molecule has 0 aliphatic heterocycles. The summed E-state index contributed by atoms with van der Waals surface area (Å²) >= 11 is 0. The SMILES string of the molecule is CCOc1ccc(NC(=O)CC(C)=NNC(=O)c2cnccn2)cc1. The molecule has 0 bridgehead atoms. The van der Waals surface area contributed by atoms with Crippen LogP contribution in [0.25, 0.3) is 0 Å². The summed E-state index contributed by atoms with van der Waals surface area (Å²) in [7, 11) is 0. The third-order valence-corrected chi connectivity index (χ3v) is 3.01. The summed E-state index contributed by atoms with van der Waals surface area (Å²) in [6.07, 6.45) is 4.26. The van der Waals surface area contributed by atoms with Crippen molar-refractivity contribution in [2.45, 2.75) is 20.3 Å². The first-order valence-electron chi connectivity index (χ1n) is 7.70. The summed E-state index contributed by atoms with van der Waals surface area (Å²) in [6, 6.07) is 7.07. The van der Waals surface area contributed by atoms with Gasteiger partial charge < -0.3 is 10.1 Å². The molecule has 0 atom stereocenters. The lowest BCUT2D eigenvalue weighted by Gasteiger charge is -2.07. The zero-order valence-corrected chi connectivity index (χ0v) is 14.0. The van der Waals surface area contributed by atoms with E-state index >= 15 is 0 Å². The number of nitrogens with one attached hydrogen (secondary N) is 2. The Morgan fingerprint density at radius 3 is 2.60 bits per heavy atom. The van der Waals surface area contributed by atoms with Gasteiger partial charge in [-0.2, -0.15) is 5.10 Å². The Kier molecular flexibility index (Phi) is 6.58. The van der Waals surface area contributed by atoms with Gasteiger partial charge in [0.05, 0.1) is 19.2 Å². The van der Waals surface area contributed by atoms with E-state index < -0.39 is 5.91 Å². The Bertz CT molecular complexity index is 745. The van der Waals surface area contributed by atoms with E-state index in [1.807, 2.05) is 6.92 Å². The fourth-order valence-electron chi connectivity index (χ4n) is 1.90. The van der Waals surface area contributed by atoms with Crippen LogP contribution >= 0.6 is 0 Å². The van der Waals surface area contributed by atoms with Crippen molar-refractivity contribution in [1.29, 1.82) is 0 Å². The van der Waals surface area contributed by atoms with Crippen molar-refractivity contribution in [3.05, 3.63) is 48.5 Å². The molecule has 1 aromatic carbocycles. The van der Waals surface area contributed by atoms with Crippen LogP contribution in [0.1, 0.15) is 30.8 Å². The number of hydrogen-bond donors (Lipinski definition) is 2. The maximum atomic E-state index is 12.0. The molecule has 0 saturated carbocycles. The van der Waals surface area contributed by atoms with E-state index in [4.69, 9.17) is 4.74 Å². The summed E-state index contributed by atoms with van der Waals surface area (Å²) < 4.78 is 5.34. The van der Waals surface area contributed by atoms with Gasteiger partial charge >= 0.3 is 0 Å². The van der Waals surface area contributed by atoms with Crippen LogP contribution in [0.4, 0.5) is 5.69 Å². The normalized spacial score (nSPS) is 10.9. The molecular formula is C17H19N5O3. The van der Waals surface area contributed by atoms with Gasteiger partial charge in [0.15, 0.2) is 0 Å². The molecule has 0 unspecified atom stereocenters. The molecule has 1 heterocycles. The summed E-state index contributed by atoms with van der Waals surface area (Å²) in [6.45, 7) is 4.14. The zero-order chi connectivity index (χ0) is 18.1. The number of amides is 2. The third-order valence-electron chi connectivity index (χ3n) is 3.01. The van der Waals surface area contributed by atoms with E-state index in [2.05, 4.69) is 25.8 Å². The molecule has 0 radical (unpaired) electrons. The van der Waals surface area contributed by atoms with E-state index in [0.29, 0.717) is 18.0 Å². The maximum absolute atomic E-state index is 12.0. The Hall–Kier alpha value is -3.29. The van der Waals surface area contributed by atoms with Crippen molar-refractivity contribution in [3.8, 4) is 5.75 Å². The van der Waals surface area contributed by atoms with Gasteiger partial charge in [-0.05, 0) is 38.1 Å². The first kappa shape index (κ1) is 18.1. The van der Waals surface area contributed by atoms with Gasteiger partial charge in [0.1, 0.15) is 11.4 Å². The standard InChI is InChI=1S/C17H19N5O3/c1-3-25-14-6-4-13(5-7-14)20-16(23)10-12(2)21-22-17(24)15-11-18-8-9-19-15/h4-9,11H,3,10H2,1-2H3,(H,20,23)(H,22,24). The highest BCUT2D eigenvalue weighted by atomic mass is 16.5. The number of hydrogen-bond acceptors (Lipinski definition) is 6. The first-order valence-corrected chi connectivity index (χ1v) is 7.70. The molecule has 0 saturated heterocycles. The minimum absolute atomic E-state index is 0.0496. The van der Waals surface area contributed by atoms with E-state index in [1.54, 1.807) is 31.2 Å². The Morgan fingerprint density at radius 2 is 1.96 bits per heavy atom. The van der Waals surface area contributed by atoms with Crippen molar-refractivity contribution in [1.82, 2.24) is 15.4 Å². The van der Waals surface area contributed by atoms with Crippen LogP contribution in [0.15, 0.2) is 48.0 Å². The summed E-state index contributed by atoms with van der Waals surface area (Å²) in [5.41, 5.74) is 3.61. The molecule has 2 N–H and O–H groups in total. The number of hydrazone groups is 1. The Morgan fingerprint density at radius 1 is 1.20 bits per heavy atom. The monoisotopic (exact) mass is 341 g/mol. The van der Waals surface area contributed by atoms with E-state index in [0.717, 1.165) is 5.75 Å². The minimum atomic E-state index is -0.487. The fraction of sp³-hybridized carbons (Fsp3) is 0.235. The average molecular weight is 341 g/mol. The van der Waals surface area contributed by atoms with Gasteiger partial charge in [-0.3, -0.25) is 14.6 Å². The van der Waals surface area contributed by atoms with Crippen LogP contribution in [0.5, 0.6) is 5.75 Å². The molecule has 0 fully saturated rings. The largest absolute Gasteiger partial charge is 0.494 e. The van der Waals surface area contributed by atoms with Gasteiger partial charge in [-0.25, -0.2) is 10.4 Å². The molecule has 8 nitrogen and oxygen atoms in total. The van der Waals surface area contributed by atoms with Crippen molar-refractivity contribution in [3.63, 3.8) is 0 Å². The second-order valence-corrected chi connectivity index (χ2v) is 5.06. The van der Waals surface area contributed by atoms with Crippen molar-refractivity contribution in [2.24, 2.45) is 5.10 Å². The predicted molar refractivity (Wildman–Crippen MR) is 93.5 cm³/mol. The number of anilines is 1. The lowest BCUT2D eigenvalue weighted by molar-refractivity contribution is -0.115. The average Bonchev–Trinajstić information content (AvgIpc) is 2.62. The van der Waals surface area contributed by atoms with Gasteiger partial charge in [0, 0.05) is 23.8 Å². The lowest BCUT2D eigenvalue weighted by atomic mass is 10.2. The smallest absolute Gasteiger partial charge is 0.291 e. The predicted octanol–water partition coefficient (Wildman–Crippen LogP) is 2.01. The second-order valence-electron chi connectivity index (χ2n) is 5.06. The van der Waals surface area contributed by atoms with Crippen LogP contribution < -0.4 is 15.5 Å². The van der Waals surface area contributed by atoms with Gasteiger partial charge in [-0.1, -0.05) is 0 Å². The molecule has 0 spiro atoms. The molecule has 2 amide bonds. The fourth-order valence-corrected chi connectivity index (χ4v) is 1.90. The van der Waals surface area contributed by atoms with Crippen LogP contribution in [0.3, 0.4) is 0 Å².